The molecule has 0 saturated heterocycles. The van der Waals surface area contributed by atoms with Crippen LogP contribution in [-0.2, 0) is 0 Å². The van der Waals surface area contributed by atoms with Crippen LogP contribution in [0, 0.1) is 5.92 Å². The van der Waals surface area contributed by atoms with Gasteiger partial charge in [0.05, 0.1) is 6.10 Å². The van der Waals surface area contributed by atoms with Crippen LogP contribution in [0.3, 0.4) is 0 Å². The second-order valence-electron chi connectivity index (χ2n) is 5.71. The van der Waals surface area contributed by atoms with E-state index < -0.39 is 0 Å². The van der Waals surface area contributed by atoms with Gasteiger partial charge >= 0.3 is 0 Å². The van der Waals surface area contributed by atoms with Gasteiger partial charge in [0.1, 0.15) is 5.75 Å². The van der Waals surface area contributed by atoms with E-state index in [1.807, 2.05) is 26.0 Å². The highest BCUT2D eigenvalue weighted by atomic mass is 16.5. The maximum absolute atomic E-state index is 5.86. The van der Waals surface area contributed by atoms with E-state index in [-0.39, 0.29) is 12.1 Å². The molecule has 1 aromatic carbocycles. The Bertz CT molecular complexity index is 371. The number of benzene rings is 1. The summed E-state index contributed by atoms with van der Waals surface area (Å²) in [7, 11) is 0. The Hall–Kier alpha value is -1.06. The average molecular weight is 262 g/mol. The number of rotatable bonds is 8. The molecule has 1 saturated carbocycles. The van der Waals surface area contributed by atoms with Crippen molar-refractivity contribution in [1.82, 2.24) is 5.32 Å². The largest absolute Gasteiger partial charge is 0.491 e. The molecule has 0 radical (unpaired) electrons. The molecule has 1 fully saturated rings. The van der Waals surface area contributed by atoms with Crippen molar-refractivity contribution in [2.24, 2.45) is 11.7 Å². The van der Waals surface area contributed by atoms with E-state index >= 15 is 0 Å². The second kappa shape index (κ2) is 6.92. The summed E-state index contributed by atoms with van der Waals surface area (Å²) in [6.45, 7) is 5.78. The van der Waals surface area contributed by atoms with Crippen LogP contribution in [0.15, 0.2) is 24.3 Å². The van der Waals surface area contributed by atoms with Crippen LogP contribution in [0.4, 0.5) is 0 Å². The Kier molecular flexibility index (Phi) is 5.23. The summed E-state index contributed by atoms with van der Waals surface area (Å²) < 4.78 is 5.65. The molecular formula is C16H26N2O. The molecule has 1 aliphatic rings. The summed E-state index contributed by atoms with van der Waals surface area (Å²) in [5.74, 6) is 1.89. The van der Waals surface area contributed by atoms with Gasteiger partial charge in [-0.1, -0.05) is 25.0 Å². The van der Waals surface area contributed by atoms with Crippen LogP contribution >= 0.6 is 0 Å². The third-order valence-electron chi connectivity index (χ3n) is 3.53. The lowest BCUT2D eigenvalue weighted by Gasteiger charge is -2.18. The summed E-state index contributed by atoms with van der Waals surface area (Å²) in [6, 6.07) is 8.53. The number of ether oxygens (including phenoxy) is 1. The molecule has 1 aromatic rings. The van der Waals surface area contributed by atoms with Gasteiger partial charge in [0, 0.05) is 12.6 Å². The van der Waals surface area contributed by atoms with Gasteiger partial charge in [0.2, 0.25) is 0 Å². The first-order chi connectivity index (χ1) is 9.19. The number of nitrogens with two attached hydrogens (primary N) is 1. The molecule has 2 rings (SSSR count). The third-order valence-corrected chi connectivity index (χ3v) is 3.53. The summed E-state index contributed by atoms with van der Waals surface area (Å²) >= 11 is 0. The Balaban J connectivity index is 1.85. The molecule has 3 N–H and O–H groups in total. The Morgan fingerprint density at radius 2 is 1.95 bits per heavy atom. The molecule has 3 nitrogen and oxygen atoms in total. The fourth-order valence-corrected chi connectivity index (χ4v) is 2.26. The van der Waals surface area contributed by atoms with Gasteiger partial charge in [-0.2, -0.15) is 0 Å². The van der Waals surface area contributed by atoms with Gasteiger partial charge in [-0.25, -0.2) is 0 Å². The molecule has 0 amide bonds. The minimum absolute atomic E-state index is 0.216. The first-order valence-corrected chi connectivity index (χ1v) is 7.39. The lowest BCUT2D eigenvalue weighted by molar-refractivity contribution is 0.242. The Labute approximate surface area is 116 Å². The fourth-order valence-electron chi connectivity index (χ4n) is 2.26. The van der Waals surface area contributed by atoms with E-state index in [0.717, 1.165) is 18.2 Å². The molecule has 19 heavy (non-hydrogen) atoms. The minimum Gasteiger partial charge on any atom is -0.491 e. The number of hydrogen-bond donors (Lipinski definition) is 2. The first-order valence-electron chi connectivity index (χ1n) is 7.39. The molecule has 106 valence electrons. The fraction of sp³-hybridized carbons (Fsp3) is 0.625. The predicted octanol–water partition coefficient (Wildman–Crippen LogP) is 2.86. The van der Waals surface area contributed by atoms with Gasteiger partial charge in [0.25, 0.3) is 0 Å². The smallest absolute Gasteiger partial charge is 0.119 e. The summed E-state index contributed by atoms with van der Waals surface area (Å²) in [6.07, 6.45) is 4.32. The normalized spacial score (nSPS) is 16.6. The molecule has 1 atom stereocenters. The van der Waals surface area contributed by atoms with Crippen molar-refractivity contribution in [2.75, 3.05) is 13.1 Å². The average Bonchev–Trinajstić information content (AvgIpc) is 3.19. The monoisotopic (exact) mass is 262 g/mol. The van der Waals surface area contributed by atoms with Crippen molar-refractivity contribution < 1.29 is 4.74 Å². The van der Waals surface area contributed by atoms with Crippen molar-refractivity contribution in [1.29, 1.82) is 0 Å². The van der Waals surface area contributed by atoms with E-state index in [1.54, 1.807) is 0 Å². The van der Waals surface area contributed by atoms with E-state index in [2.05, 4.69) is 17.4 Å². The minimum atomic E-state index is 0.216. The second-order valence-corrected chi connectivity index (χ2v) is 5.71. The molecular weight excluding hydrogens is 236 g/mol. The zero-order chi connectivity index (χ0) is 13.7. The molecule has 0 heterocycles. The van der Waals surface area contributed by atoms with Crippen molar-refractivity contribution >= 4 is 0 Å². The number of hydrogen-bond acceptors (Lipinski definition) is 3. The highest BCUT2D eigenvalue weighted by Gasteiger charge is 2.20. The molecule has 0 spiro atoms. The first kappa shape index (κ1) is 14.4. The summed E-state index contributed by atoms with van der Waals surface area (Å²) in [5, 5.41) is 3.55. The quantitative estimate of drug-likeness (QED) is 0.757. The van der Waals surface area contributed by atoms with Crippen LogP contribution in [-0.4, -0.2) is 19.2 Å². The molecule has 0 bridgehead atoms. The lowest BCUT2D eigenvalue weighted by Crippen LogP contribution is -2.29. The molecule has 1 unspecified atom stereocenters. The highest BCUT2D eigenvalue weighted by molar-refractivity contribution is 5.29. The zero-order valence-electron chi connectivity index (χ0n) is 12.1. The van der Waals surface area contributed by atoms with Crippen molar-refractivity contribution in [2.45, 2.75) is 45.3 Å². The molecule has 0 aromatic heterocycles. The topological polar surface area (TPSA) is 47.3 Å². The highest BCUT2D eigenvalue weighted by Crippen LogP contribution is 2.32. The maximum atomic E-state index is 5.86. The van der Waals surface area contributed by atoms with Gasteiger partial charge in [-0.15, -0.1) is 0 Å². The molecule has 3 heteroatoms. The van der Waals surface area contributed by atoms with Crippen molar-refractivity contribution in [3.63, 3.8) is 0 Å². The van der Waals surface area contributed by atoms with Crippen LogP contribution < -0.4 is 15.8 Å². The van der Waals surface area contributed by atoms with E-state index in [1.165, 1.54) is 24.8 Å². The standard InChI is InChI=1S/C16H26N2O/c1-12(2)19-15-7-5-14(6-8-15)16(11-17)18-10-9-13-3-4-13/h5-8,12-13,16,18H,3-4,9-11,17H2,1-2H3. The SMILES string of the molecule is CC(C)Oc1ccc(C(CN)NCCC2CC2)cc1. The van der Waals surface area contributed by atoms with Crippen molar-refractivity contribution in [3.05, 3.63) is 29.8 Å². The Morgan fingerprint density at radius 1 is 1.26 bits per heavy atom. The third kappa shape index (κ3) is 4.84. The van der Waals surface area contributed by atoms with Crippen LogP contribution in [0.2, 0.25) is 0 Å². The van der Waals surface area contributed by atoms with Crippen LogP contribution in [0.25, 0.3) is 0 Å². The van der Waals surface area contributed by atoms with Gasteiger partial charge in [0.15, 0.2) is 0 Å². The van der Waals surface area contributed by atoms with E-state index in [9.17, 15) is 0 Å². The molecule has 0 aliphatic heterocycles. The summed E-state index contributed by atoms with van der Waals surface area (Å²) in [4.78, 5) is 0. The van der Waals surface area contributed by atoms with E-state index in [4.69, 9.17) is 10.5 Å². The van der Waals surface area contributed by atoms with Gasteiger partial charge in [-0.05, 0) is 50.4 Å². The lowest BCUT2D eigenvalue weighted by atomic mass is 10.1. The molecule has 1 aliphatic carbocycles. The van der Waals surface area contributed by atoms with Crippen LogP contribution in [0.1, 0.15) is 44.7 Å². The van der Waals surface area contributed by atoms with Crippen LogP contribution in [0.5, 0.6) is 5.75 Å². The van der Waals surface area contributed by atoms with E-state index in [0.29, 0.717) is 6.54 Å². The van der Waals surface area contributed by atoms with Gasteiger partial charge < -0.3 is 15.8 Å². The zero-order valence-corrected chi connectivity index (χ0v) is 12.1. The maximum Gasteiger partial charge on any atom is 0.119 e. The number of nitrogens with one attached hydrogen (secondary N) is 1. The predicted molar refractivity (Wildman–Crippen MR) is 79.3 cm³/mol. The van der Waals surface area contributed by atoms with Gasteiger partial charge in [-0.3, -0.25) is 0 Å². The van der Waals surface area contributed by atoms with Crippen molar-refractivity contribution in [3.8, 4) is 5.75 Å². The summed E-state index contributed by atoms with van der Waals surface area (Å²) in [5.41, 5.74) is 7.11. The Morgan fingerprint density at radius 3 is 2.47 bits per heavy atom.